The smallest absolute Gasteiger partial charge is 0.332 e. The van der Waals surface area contributed by atoms with E-state index in [0.717, 1.165) is 26.2 Å². The molecule has 0 radical (unpaired) electrons. The summed E-state index contributed by atoms with van der Waals surface area (Å²) in [5.74, 6) is -1.01. The molecule has 0 aromatic carbocycles. The van der Waals surface area contributed by atoms with E-state index >= 15 is 0 Å². The van der Waals surface area contributed by atoms with Gasteiger partial charge in [0.25, 0.3) is 0 Å². The second-order valence-electron chi connectivity index (χ2n) is 5.32. The molecule has 1 aliphatic rings. The van der Waals surface area contributed by atoms with E-state index in [-0.39, 0.29) is 6.03 Å². The third-order valence-electron chi connectivity index (χ3n) is 3.52. The van der Waals surface area contributed by atoms with Crippen molar-refractivity contribution in [2.24, 2.45) is 0 Å². The standard InChI is InChI=1S/C12H24N4O3/c1-5-16(12(2,3)10(17)18)11(19)13-15-8-6-14(4)7-9-15/h5-9H2,1-4H3,(H,13,19)(H,17,18). The summed E-state index contributed by atoms with van der Waals surface area (Å²) in [6.07, 6.45) is 0. The largest absolute Gasteiger partial charge is 0.480 e. The third kappa shape index (κ3) is 3.81. The van der Waals surface area contributed by atoms with Crippen molar-refractivity contribution >= 4 is 12.0 Å². The lowest BCUT2D eigenvalue weighted by molar-refractivity contribution is -0.147. The van der Waals surface area contributed by atoms with E-state index in [2.05, 4.69) is 10.3 Å². The maximum Gasteiger partial charge on any atom is 0.332 e. The minimum atomic E-state index is -1.22. The molecule has 2 N–H and O–H groups in total. The van der Waals surface area contributed by atoms with Gasteiger partial charge in [0.1, 0.15) is 5.54 Å². The number of aliphatic carboxylic acids is 1. The quantitative estimate of drug-likeness (QED) is 0.756. The van der Waals surface area contributed by atoms with Gasteiger partial charge in [0.2, 0.25) is 0 Å². The fourth-order valence-electron chi connectivity index (χ4n) is 2.02. The van der Waals surface area contributed by atoms with Gasteiger partial charge in [-0.25, -0.2) is 14.6 Å². The predicted molar refractivity (Wildman–Crippen MR) is 71.7 cm³/mol. The number of hydrazine groups is 1. The molecule has 0 spiro atoms. The van der Waals surface area contributed by atoms with E-state index in [9.17, 15) is 14.7 Å². The van der Waals surface area contributed by atoms with Crippen LogP contribution >= 0.6 is 0 Å². The molecule has 7 heteroatoms. The van der Waals surface area contributed by atoms with Gasteiger partial charge in [-0.15, -0.1) is 0 Å². The molecule has 7 nitrogen and oxygen atoms in total. The molecule has 1 rings (SSSR count). The van der Waals surface area contributed by atoms with E-state index in [0.29, 0.717) is 6.54 Å². The first-order chi connectivity index (χ1) is 8.78. The lowest BCUT2D eigenvalue weighted by atomic mass is 10.0. The second kappa shape index (κ2) is 6.21. The Morgan fingerprint density at radius 3 is 2.21 bits per heavy atom. The van der Waals surface area contributed by atoms with Gasteiger partial charge in [0.15, 0.2) is 0 Å². The van der Waals surface area contributed by atoms with E-state index < -0.39 is 11.5 Å². The molecule has 1 aliphatic heterocycles. The van der Waals surface area contributed by atoms with Crippen LogP contribution in [0.5, 0.6) is 0 Å². The molecular weight excluding hydrogens is 248 g/mol. The van der Waals surface area contributed by atoms with Gasteiger partial charge in [-0.3, -0.25) is 5.43 Å². The molecule has 0 atom stereocenters. The summed E-state index contributed by atoms with van der Waals surface area (Å²) in [7, 11) is 2.03. The minimum Gasteiger partial charge on any atom is -0.480 e. The van der Waals surface area contributed by atoms with Gasteiger partial charge in [-0.2, -0.15) is 0 Å². The molecule has 19 heavy (non-hydrogen) atoms. The van der Waals surface area contributed by atoms with Crippen molar-refractivity contribution in [1.29, 1.82) is 0 Å². The molecule has 0 saturated carbocycles. The summed E-state index contributed by atoms with van der Waals surface area (Å²) < 4.78 is 0. The van der Waals surface area contributed by atoms with Crippen molar-refractivity contribution in [3.8, 4) is 0 Å². The van der Waals surface area contributed by atoms with Gasteiger partial charge >= 0.3 is 12.0 Å². The molecule has 0 aromatic heterocycles. The maximum absolute atomic E-state index is 12.2. The molecular formula is C12H24N4O3. The van der Waals surface area contributed by atoms with Gasteiger partial charge in [0.05, 0.1) is 0 Å². The molecule has 0 aliphatic carbocycles. The Balaban J connectivity index is 2.62. The topological polar surface area (TPSA) is 76.1 Å². The molecule has 2 amide bonds. The van der Waals surface area contributed by atoms with E-state index in [4.69, 9.17) is 0 Å². The highest BCUT2D eigenvalue weighted by Crippen LogP contribution is 2.14. The molecule has 0 bridgehead atoms. The summed E-state index contributed by atoms with van der Waals surface area (Å²) in [5, 5.41) is 11.0. The van der Waals surface area contributed by atoms with Crippen LogP contribution in [0, 0.1) is 0 Å². The van der Waals surface area contributed by atoms with Crippen molar-refractivity contribution in [2.75, 3.05) is 39.8 Å². The van der Waals surface area contributed by atoms with Crippen LogP contribution < -0.4 is 5.43 Å². The number of amides is 2. The number of piperazine rings is 1. The third-order valence-corrected chi connectivity index (χ3v) is 3.52. The Hall–Kier alpha value is -1.34. The zero-order valence-electron chi connectivity index (χ0n) is 12.1. The first-order valence-electron chi connectivity index (χ1n) is 6.54. The van der Waals surface area contributed by atoms with Crippen LogP contribution in [-0.2, 0) is 4.79 Å². The van der Waals surface area contributed by atoms with E-state index in [1.165, 1.54) is 18.7 Å². The summed E-state index contributed by atoms with van der Waals surface area (Å²) in [4.78, 5) is 26.9. The van der Waals surface area contributed by atoms with Crippen LogP contribution in [0.4, 0.5) is 4.79 Å². The number of urea groups is 1. The Morgan fingerprint density at radius 1 is 1.26 bits per heavy atom. The highest BCUT2D eigenvalue weighted by Gasteiger charge is 2.37. The Labute approximate surface area is 114 Å². The highest BCUT2D eigenvalue weighted by atomic mass is 16.4. The van der Waals surface area contributed by atoms with Crippen molar-refractivity contribution in [3.05, 3.63) is 0 Å². The van der Waals surface area contributed by atoms with Gasteiger partial charge in [-0.1, -0.05) is 0 Å². The number of hydrogen-bond acceptors (Lipinski definition) is 4. The van der Waals surface area contributed by atoms with Crippen LogP contribution in [0.3, 0.4) is 0 Å². The van der Waals surface area contributed by atoms with E-state index in [1.54, 1.807) is 6.92 Å². The number of hydrogen-bond donors (Lipinski definition) is 2. The number of nitrogens with zero attached hydrogens (tertiary/aromatic N) is 3. The number of nitrogens with one attached hydrogen (secondary N) is 1. The molecule has 0 aromatic rings. The Morgan fingerprint density at radius 2 is 1.79 bits per heavy atom. The summed E-state index contributed by atoms with van der Waals surface area (Å²) in [5.41, 5.74) is 1.56. The normalized spacial score (nSPS) is 18.1. The van der Waals surface area contributed by atoms with Crippen molar-refractivity contribution in [3.63, 3.8) is 0 Å². The minimum absolute atomic E-state index is 0.346. The maximum atomic E-state index is 12.2. The van der Waals surface area contributed by atoms with Crippen LogP contribution in [0.1, 0.15) is 20.8 Å². The summed E-state index contributed by atoms with van der Waals surface area (Å²) in [6, 6.07) is -0.362. The Kier molecular flexibility index (Phi) is 5.13. The second-order valence-corrected chi connectivity index (χ2v) is 5.32. The van der Waals surface area contributed by atoms with Crippen LogP contribution in [0.15, 0.2) is 0 Å². The monoisotopic (exact) mass is 272 g/mol. The fourth-order valence-corrected chi connectivity index (χ4v) is 2.02. The van der Waals surface area contributed by atoms with E-state index in [1.807, 2.05) is 12.1 Å². The molecule has 1 saturated heterocycles. The van der Waals surface area contributed by atoms with Gasteiger partial charge in [0, 0.05) is 32.7 Å². The number of carboxylic acid groups (broad SMARTS) is 1. The highest BCUT2D eigenvalue weighted by molar-refractivity contribution is 5.85. The van der Waals surface area contributed by atoms with Crippen LogP contribution in [0.2, 0.25) is 0 Å². The lowest BCUT2D eigenvalue weighted by Gasteiger charge is -2.38. The average Bonchev–Trinajstić information content (AvgIpc) is 2.32. The first kappa shape index (κ1) is 15.7. The zero-order valence-corrected chi connectivity index (χ0v) is 12.1. The number of carbonyl (C=O) groups is 2. The molecule has 1 fully saturated rings. The SMILES string of the molecule is CCN(C(=O)NN1CCN(C)CC1)C(C)(C)C(=O)O. The molecule has 1 heterocycles. The van der Waals surface area contributed by atoms with Gasteiger partial charge < -0.3 is 14.9 Å². The lowest BCUT2D eigenvalue weighted by Crippen LogP contribution is -2.61. The zero-order chi connectivity index (χ0) is 14.6. The average molecular weight is 272 g/mol. The van der Waals surface area contributed by atoms with Gasteiger partial charge in [-0.05, 0) is 27.8 Å². The molecule has 110 valence electrons. The van der Waals surface area contributed by atoms with Crippen molar-refractivity contribution in [2.45, 2.75) is 26.3 Å². The van der Waals surface area contributed by atoms with Crippen LogP contribution in [-0.4, -0.2) is 77.2 Å². The van der Waals surface area contributed by atoms with Crippen molar-refractivity contribution < 1.29 is 14.7 Å². The number of carboxylic acids is 1. The fraction of sp³-hybridized carbons (Fsp3) is 0.833. The first-order valence-corrected chi connectivity index (χ1v) is 6.54. The van der Waals surface area contributed by atoms with Crippen LogP contribution in [0.25, 0.3) is 0 Å². The van der Waals surface area contributed by atoms with Crippen molar-refractivity contribution in [1.82, 2.24) is 20.2 Å². The Bertz CT molecular complexity index is 338. The number of likely N-dealkylation sites (N-methyl/N-ethyl adjacent to an activating group) is 2. The molecule has 0 unspecified atom stereocenters. The summed E-state index contributed by atoms with van der Waals surface area (Å²) in [6.45, 7) is 8.43. The predicted octanol–water partition coefficient (Wildman–Crippen LogP) is 0.0435. The summed E-state index contributed by atoms with van der Waals surface area (Å²) >= 11 is 0. The number of rotatable bonds is 4. The number of carbonyl (C=O) groups excluding carboxylic acids is 1.